The number of fused-ring (bicyclic) bond motifs is 1. The Labute approximate surface area is 227 Å². The van der Waals surface area contributed by atoms with Gasteiger partial charge < -0.3 is 25.8 Å². The van der Waals surface area contributed by atoms with Crippen LogP contribution in [0.25, 0.3) is 0 Å². The number of anilines is 1. The molecule has 1 saturated heterocycles. The quantitative estimate of drug-likeness (QED) is 0.372. The first kappa shape index (κ1) is 27.9. The van der Waals surface area contributed by atoms with Gasteiger partial charge in [0, 0.05) is 50.2 Å². The average Bonchev–Trinajstić information content (AvgIpc) is 3.30. The van der Waals surface area contributed by atoms with E-state index < -0.39 is 46.1 Å². The van der Waals surface area contributed by atoms with Gasteiger partial charge in [-0.05, 0) is 19.2 Å². The van der Waals surface area contributed by atoms with Crippen molar-refractivity contribution in [2.45, 2.75) is 19.0 Å². The summed E-state index contributed by atoms with van der Waals surface area (Å²) in [6, 6.07) is 1.65. The molecule has 204 valence electrons. The number of sulfone groups is 1. The first-order valence-electron chi connectivity index (χ1n) is 11.7. The molecule has 0 saturated carbocycles. The van der Waals surface area contributed by atoms with Gasteiger partial charge in [0.15, 0.2) is 14.8 Å². The molecule has 0 aliphatic carbocycles. The number of hydrogen-bond acceptors (Lipinski definition) is 10. The molecule has 16 heteroatoms. The molecule has 0 spiro atoms. The molecule has 13 nitrogen and oxygen atoms in total. The highest BCUT2D eigenvalue weighted by atomic mass is 35.5. The number of carbonyl (C=O) groups is 4. The van der Waals surface area contributed by atoms with E-state index in [2.05, 4.69) is 30.8 Å². The highest BCUT2D eigenvalue weighted by Crippen LogP contribution is 2.24. The lowest BCUT2D eigenvalue weighted by atomic mass is 10.2. The lowest BCUT2D eigenvalue weighted by Gasteiger charge is -2.30. The minimum absolute atomic E-state index is 0.0396. The number of amides is 4. The van der Waals surface area contributed by atoms with Gasteiger partial charge in [-0.15, -0.1) is 11.3 Å². The number of rotatable bonds is 6. The van der Waals surface area contributed by atoms with Crippen LogP contribution in [0.1, 0.15) is 20.4 Å². The molecule has 38 heavy (non-hydrogen) atoms. The Morgan fingerprint density at radius 3 is 2.55 bits per heavy atom. The van der Waals surface area contributed by atoms with Crippen LogP contribution in [0.15, 0.2) is 18.3 Å². The molecule has 3 N–H and O–H groups in total. The van der Waals surface area contributed by atoms with Gasteiger partial charge in [0.1, 0.15) is 11.9 Å². The average molecular weight is 584 g/mol. The Balaban J connectivity index is 1.43. The molecular weight excluding hydrogens is 558 g/mol. The standard InChI is InChI=1S/C22H26ClN7O6S2/c1-29-5-4-14-16(12-29)37-21(27-14)20(33)26-15(22(34)30-6-8-38(35,36)9-7-30)11-25-18(31)19(32)28-17-3-2-13(23)10-24-17/h2-3,10,15H,4-9,11-12H2,1H3,(H,25,31)(H,26,33)(H,24,28,32). The van der Waals surface area contributed by atoms with E-state index in [1.54, 1.807) is 0 Å². The van der Waals surface area contributed by atoms with Crippen LogP contribution >= 0.6 is 22.9 Å². The predicted octanol–water partition coefficient (Wildman–Crippen LogP) is -0.710. The van der Waals surface area contributed by atoms with Crippen molar-refractivity contribution in [3.8, 4) is 0 Å². The van der Waals surface area contributed by atoms with Crippen LogP contribution in [-0.4, -0.2) is 103 Å². The van der Waals surface area contributed by atoms with E-state index in [-0.39, 0.29) is 35.4 Å². The molecule has 4 amide bonds. The summed E-state index contributed by atoms with van der Waals surface area (Å²) in [4.78, 5) is 63.7. The number of nitrogens with zero attached hydrogens (tertiary/aromatic N) is 4. The fourth-order valence-corrected chi connectivity index (χ4v) is 6.30. The van der Waals surface area contributed by atoms with E-state index >= 15 is 0 Å². The summed E-state index contributed by atoms with van der Waals surface area (Å²) in [5.74, 6) is -3.55. The van der Waals surface area contributed by atoms with Gasteiger partial charge in [0.2, 0.25) is 5.91 Å². The molecule has 0 radical (unpaired) electrons. The van der Waals surface area contributed by atoms with Gasteiger partial charge in [-0.25, -0.2) is 18.4 Å². The van der Waals surface area contributed by atoms with E-state index in [1.807, 2.05) is 7.05 Å². The molecule has 2 aromatic rings. The van der Waals surface area contributed by atoms with Crippen molar-refractivity contribution < 1.29 is 27.6 Å². The van der Waals surface area contributed by atoms with Gasteiger partial charge in [-0.2, -0.15) is 0 Å². The highest BCUT2D eigenvalue weighted by Gasteiger charge is 2.32. The molecule has 0 bridgehead atoms. The SMILES string of the molecule is CN1CCc2nc(C(=O)NC(CNC(=O)C(=O)Nc3ccc(Cl)cn3)C(=O)N3CCS(=O)(=O)CC3)sc2C1. The first-order chi connectivity index (χ1) is 18.0. The fourth-order valence-electron chi connectivity index (χ4n) is 3.89. The third kappa shape index (κ3) is 7.03. The van der Waals surface area contributed by atoms with Crippen molar-refractivity contribution in [2.75, 3.05) is 50.0 Å². The maximum absolute atomic E-state index is 13.2. The molecule has 1 fully saturated rings. The Kier molecular flexibility index (Phi) is 8.60. The van der Waals surface area contributed by atoms with Crippen LogP contribution in [-0.2, 0) is 37.2 Å². The third-order valence-electron chi connectivity index (χ3n) is 6.02. The van der Waals surface area contributed by atoms with Crippen molar-refractivity contribution in [1.82, 2.24) is 30.4 Å². The second-order valence-corrected chi connectivity index (χ2v) is 12.7. The van der Waals surface area contributed by atoms with Gasteiger partial charge in [-0.3, -0.25) is 19.2 Å². The zero-order valence-electron chi connectivity index (χ0n) is 20.4. The van der Waals surface area contributed by atoms with Crippen LogP contribution < -0.4 is 16.0 Å². The van der Waals surface area contributed by atoms with Crippen molar-refractivity contribution in [2.24, 2.45) is 0 Å². The molecule has 2 aliphatic rings. The molecule has 4 heterocycles. The van der Waals surface area contributed by atoms with Gasteiger partial charge >= 0.3 is 11.8 Å². The summed E-state index contributed by atoms with van der Waals surface area (Å²) in [5.41, 5.74) is 0.836. The summed E-state index contributed by atoms with van der Waals surface area (Å²) in [7, 11) is -1.28. The van der Waals surface area contributed by atoms with E-state index in [4.69, 9.17) is 11.6 Å². The number of thiazole rings is 1. The van der Waals surface area contributed by atoms with E-state index in [0.29, 0.717) is 18.0 Å². The van der Waals surface area contributed by atoms with Gasteiger partial charge in [0.25, 0.3) is 5.91 Å². The molecule has 2 aromatic heterocycles. The number of aromatic nitrogens is 2. The van der Waals surface area contributed by atoms with Crippen molar-refractivity contribution in [3.05, 3.63) is 38.9 Å². The van der Waals surface area contributed by atoms with Gasteiger partial charge in [0.05, 0.1) is 22.2 Å². The second kappa shape index (κ2) is 11.7. The summed E-state index contributed by atoms with van der Waals surface area (Å²) < 4.78 is 23.6. The van der Waals surface area contributed by atoms with E-state index in [1.165, 1.54) is 34.6 Å². The Morgan fingerprint density at radius 2 is 1.87 bits per heavy atom. The number of likely N-dealkylation sites (N-methyl/N-ethyl adjacent to an activating group) is 1. The van der Waals surface area contributed by atoms with Crippen molar-refractivity contribution in [1.29, 1.82) is 0 Å². The molecular formula is C22H26ClN7O6S2. The summed E-state index contributed by atoms with van der Waals surface area (Å²) in [6.45, 7) is 1.00. The minimum Gasteiger partial charge on any atom is -0.345 e. The maximum Gasteiger partial charge on any atom is 0.314 e. The maximum atomic E-state index is 13.2. The van der Waals surface area contributed by atoms with Gasteiger partial charge in [-0.1, -0.05) is 11.6 Å². The highest BCUT2D eigenvalue weighted by molar-refractivity contribution is 7.91. The number of pyridine rings is 1. The number of carbonyl (C=O) groups excluding carboxylic acids is 4. The Bertz CT molecular complexity index is 1330. The molecule has 4 rings (SSSR count). The zero-order valence-corrected chi connectivity index (χ0v) is 22.8. The molecule has 0 aromatic carbocycles. The Morgan fingerprint density at radius 1 is 1.13 bits per heavy atom. The zero-order chi connectivity index (χ0) is 27.4. The van der Waals surface area contributed by atoms with Crippen molar-refractivity contribution >= 4 is 62.2 Å². The number of halogens is 1. The molecule has 2 aliphatic heterocycles. The predicted molar refractivity (Wildman–Crippen MR) is 140 cm³/mol. The summed E-state index contributed by atoms with van der Waals surface area (Å²) >= 11 is 6.99. The third-order valence-corrected chi connectivity index (χ3v) is 8.93. The lowest BCUT2D eigenvalue weighted by Crippen LogP contribution is -2.57. The normalized spacial score (nSPS) is 17.7. The lowest BCUT2D eigenvalue weighted by molar-refractivity contribution is -0.137. The fraction of sp³-hybridized carbons (Fsp3) is 0.455. The largest absolute Gasteiger partial charge is 0.345 e. The number of hydrogen-bond donors (Lipinski definition) is 3. The van der Waals surface area contributed by atoms with E-state index in [0.717, 1.165) is 17.1 Å². The van der Waals surface area contributed by atoms with Crippen LogP contribution in [0, 0.1) is 0 Å². The first-order valence-corrected chi connectivity index (χ1v) is 14.7. The summed E-state index contributed by atoms with van der Waals surface area (Å²) in [5, 5.41) is 7.80. The topological polar surface area (TPSA) is 171 Å². The van der Waals surface area contributed by atoms with Crippen LogP contribution in [0.2, 0.25) is 5.02 Å². The van der Waals surface area contributed by atoms with Crippen molar-refractivity contribution in [3.63, 3.8) is 0 Å². The second-order valence-electron chi connectivity index (χ2n) is 8.91. The smallest absolute Gasteiger partial charge is 0.314 e. The number of nitrogens with one attached hydrogen (secondary N) is 3. The Hall–Kier alpha value is -3.14. The summed E-state index contributed by atoms with van der Waals surface area (Å²) in [6.07, 6.45) is 2.00. The molecule has 1 unspecified atom stereocenters. The van der Waals surface area contributed by atoms with Crippen LogP contribution in [0.4, 0.5) is 5.82 Å². The minimum atomic E-state index is -3.25. The monoisotopic (exact) mass is 583 g/mol. The molecule has 1 atom stereocenters. The van der Waals surface area contributed by atoms with Crippen LogP contribution in [0.3, 0.4) is 0 Å². The van der Waals surface area contributed by atoms with Crippen LogP contribution in [0.5, 0.6) is 0 Å². The van der Waals surface area contributed by atoms with E-state index in [9.17, 15) is 27.6 Å².